The van der Waals surface area contributed by atoms with Crippen molar-refractivity contribution in [1.29, 1.82) is 0 Å². The monoisotopic (exact) mass is 316 g/mol. The van der Waals surface area contributed by atoms with Crippen LogP contribution in [0.15, 0.2) is 0 Å². The molecule has 0 saturated carbocycles. The Morgan fingerprint density at radius 3 is 1.53 bits per heavy atom. The summed E-state index contributed by atoms with van der Waals surface area (Å²) in [5.74, 6) is 0. The second-order valence-corrected chi connectivity index (χ2v) is 5.78. The number of rotatable bonds is 14. The average Bonchev–Trinajstić information content (AvgIpc) is 2.34. The molecule has 5 heteroatoms. The molecule has 0 aliphatic carbocycles. The average molecular weight is 316 g/mol. The van der Waals surface area contributed by atoms with Gasteiger partial charge in [-0.1, -0.05) is 77.6 Å². The molecule has 0 aromatic heterocycles. The molecule has 1 atom stereocenters. The summed E-state index contributed by atoms with van der Waals surface area (Å²) in [7, 11) is -2.95. The molecule has 1 unspecified atom stereocenters. The topological polar surface area (TPSA) is 49.4 Å². The van der Waals surface area contributed by atoms with Crippen LogP contribution in [0.1, 0.15) is 84.0 Å². The summed E-state index contributed by atoms with van der Waals surface area (Å²) >= 11 is 0. The molecular weight excluding hydrogens is 286 g/mol. The Kier molecular flexibility index (Phi) is 24.0. The van der Waals surface area contributed by atoms with E-state index in [1.807, 2.05) is 0 Å². The molecule has 19 heavy (non-hydrogen) atoms. The van der Waals surface area contributed by atoms with Crippen molar-refractivity contribution >= 4 is 8.25 Å². The van der Waals surface area contributed by atoms with Gasteiger partial charge in [0.1, 0.15) is 8.25 Å². The fourth-order valence-corrected chi connectivity index (χ4v) is 2.41. The van der Waals surface area contributed by atoms with Crippen LogP contribution < -0.4 is 56.3 Å². The SMILES string of the molecule is CCCCCCCCCCCCCCO[PH](=O)[O-].[K+]. The van der Waals surface area contributed by atoms with E-state index in [-0.39, 0.29) is 51.4 Å². The van der Waals surface area contributed by atoms with Crippen molar-refractivity contribution in [1.82, 2.24) is 0 Å². The van der Waals surface area contributed by atoms with E-state index in [4.69, 9.17) is 0 Å². The van der Waals surface area contributed by atoms with Crippen molar-refractivity contribution < 1.29 is 65.4 Å². The molecule has 0 rings (SSSR count). The van der Waals surface area contributed by atoms with Crippen molar-refractivity contribution in [2.45, 2.75) is 84.0 Å². The first kappa shape index (κ1) is 23.1. The third-order valence-electron chi connectivity index (χ3n) is 3.22. The standard InChI is InChI=1S/C14H31O3P.K/c1-2-3-4-5-6-7-8-9-10-11-12-13-14-17-18(15)16;/h18H,2-14H2,1H3,(H,15,16);/q;+1/p-1. The predicted octanol–water partition coefficient (Wildman–Crippen LogP) is 1.46. The van der Waals surface area contributed by atoms with E-state index in [1.165, 1.54) is 64.2 Å². The minimum atomic E-state index is -2.95. The van der Waals surface area contributed by atoms with Crippen LogP contribution in [0.25, 0.3) is 0 Å². The van der Waals surface area contributed by atoms with E-state index in [9.17, 15) is 9.46 Å². The second kappa shape index (κ2) is 19.8. The molecule has 0 bridgehead atoms. The van der Waals surface area contributed by atoms with Gasteiger partial charge in [0.05, 0.1) is 6.61 Å². The van der Waals surface area contributed by atoms with Crippen LogP contribution in [0, 0.1) is 0 Å². The Hall–Kier alpha value is 1.79. The molecule has 0 amide bonds. The Bertz CT molecular complexity index is 192. The minimum Gasteiger partial charge on any atom is -0.781 e. The Morgan fingerprint density at radius 1 is 0.789 bits per heavy atom. The molecule has 110 valence electrons. The smallest absolute Gasteiger partial charge is 0.781 e. The number of hydrogen-bond acceptors (Lipinski definition) is 3. The van der Waals surface area contributed by atoms with Gasteiger partial charge in [0.25, 0.3) is 0 Å². The van der Waals surface area contributed by atoms with Crippen molar-refractivity contribution in [3.63, 3.8) is 0 Å². The van der Waals surface area contributed by atoms with Gasteiger partial charge in [-0.15, -0.1) is 0 Å². The van der Waals surface area contributed by atoms with E-state index < -0.39 is 8.25 Å². The van der Waals surface area contributed by atoms with Gasteiger partial charge in [0.2, 0.25) is 0 Å². The fraction of sp³-hybridized carbons (Fsp3) is 1.00. The maximum atomic E-state index is 10.2. The predicted molar refractivity (Wildman–Crippen MR) is 76.0 cm³/mol. The van der Waals surface area contributed by atoms with Gasteiger partial charge >= 0.3 is 51.4 Å². The molecule has 0 aliphatic heterocycles. The van der Waals surface area contributed by atoms with Gasteiger partial charge in [-0.05, 0) is 6.42 Å². The van der Waals surface area contributed by atoms with Gasteiger partial charge in [-0.25, -0.2) is 0 Å². The van der Waals surface area contributed by atoms with Crippen molar-refractivity contribution in [3.05, 3.63) is 0 Å². The van der Waals surface area contributed by atoms with Crippen LogP contribution in [0.5, 0.6) is 0 Å². The van der Waals surface area contributed by atoms with Crippen molar-refractivity contribution in [2.24, 2.45) is 0 Å². The summed E-state index contributed by atoms with van der Waals surface area (Å²) < 4.78 is 14.7. The molecule has 0 aliphatic rings. The van der Waals surface area contributed by atoms with Crippen molar-refractivity contribution in [2.75, 3.05) is 6.61 Å². The number of unbranched alkanes of at least 4 members (excludes halogenated alkanes) is 11. The summed E-state index contributed by atoms with van der Waals surface area (Å²) in [6, 6.07) is 0. The summed E-state index contributed by atoms with van der Waals surface area (Å²) in [4.78, 5) is 10.2. The van der Waals surface area contributed by atoms with E-state index in [1.54, 1.807) is 0 Å². The molecule has 0 spiro atoms. The maximum Gasteiger partial charge on any atom is 1.00 e. The van der Waals surface area contributed by atoms with Gasteiger partial charge in [-0.3, -0.25) is 0 Å². The zero-order valence-electron chi connectivity index (χ0n) is 12.9. The van der Waals surface area contributed by atoms with E-state index in [0.717, 1.165) is 12.8 Å². The summed E-state index contributed by atoms with van der Waals surface area (Å²) in [5, 5.41) is 0. The third-order valence-corrected chi connectivity index (χ3v) is 3.66. The molecule has 3 nitrogen and oxygen atoms in total. The van der Waals surface area contributed by atoms with E-state index in [2.05, 4.69) is 11.4 Å². The molecular formula is C14H30KO3P. The molecule has 0 N–H and O–H groups in total. The Labute approximate surface area is 162 Å². The summed E-state index contributed by atoms with van der Waals surface area (Å²) in [5.41, 5.74) is 0. The molecule has 0 aromatic carbocycles. The first-order chi connectivity index (χ1) is 8.77. The Balaban J connectivity index is 0. The maximum absolute atomic E-state index is 10.2. The van der Waals surface area contributed by atoms with E-state index in [0.29, 0.717) is 6.61 Å². The third kappa shape index (κ3) is 22.2. The first-order valence-electron chi connectivity index (χ1n) is 7.61. The van der Waals surface area contributed by atoms with Gasteiger partial charge in [0, 0.05) is 0 Å². The Morgan fingerprint density at radius 2 is 1.16 bits per heavy atom. The molecule has 0 saturated heterocycles. The number of hydrogen-bond donors (Lipinski definition) is 0. The molecule has 0 aromatic rings. The van der Waals surface area contributed by atoms with Gasteiger partial charge < -0.3 is 14.0 Å². The van der Waals surface area contributed by atoms with Crippen LogP contribution in [0.2, 0.25) is 0 Å². The summed E-state index contributed by atoms with van der Waals surface area (Å²) in [6.45, 7) is 2.62. The normalized spacial score (nSPS) is 12.1. The summed E-state index contributed by atoms with van der Waals surface area (Å²) in [6.07, 6.45) is 15.4. The quantitative estimate of drug-likeness (QED) is 0.277. The van der Waals surface area contributed by atoms with E-state index >= 15 is 0 Å². The van der Waals surface area contributed by atoms with Crippen molar-refractivity contribution in [3.8, 4) is 0 Å². The molecule has 0 heterocycles. The minimum absolute atomic E-state index is 0. The molecule has 0 fully saturated rings. The van der Waals surface area contributed by atoms with Gasteiger partial charge in [-0.2, -0.15) is 0 Å². The zero-order valence-corrected chi connectivity index (χ0v) is 17.0. The van der Waals surface area contributed by atoms with Crippen LogP contribution in [-0.4, -0.2) is 6.61 Å². The fourth-order valence-electron chi connectivity index (χ4n) is 2.10. The van der Waals surface area contributed by atoms with Crippen LogP contribution in [0.4, 0.5) is 0 Å². The van der Waals surface area contributed by atoms with Crippen LogP contribution in [0.3, 0.4) is 0 Å². The largest absolute Gasteiger partial charge is 1.00 e. The first-order valence-corrected chi connectivity index (χ1v) is 8.83. The zero-order chi connectivity index (χ0) is 13.5. The molecule has 0 radical (unpaired) electrons. The van der Waals surface area contributed by atoms with Crippen LogP contribution in [-0.2, 0) is 9.09 Å². The van der Waals surface area contributed by atoms with Gasteiger partial charge in [0.15, 0.2) is 0 Å². The second-order valence-electron chi connectivity index (χ2n) is 4.99. The van der Waals surface area contributed by atoms with Crippen LogP contribution >= 0.6 is 8.25 Å².